The molecule has 2 atom stereocenters. The van der Waals surface area contributed by atoms with E-state index in [-0.39, 0.29) is 5.82 Å². The summed E-state index contributed by atoms with van der Waals surface area (Å²) in [5.41, 5.74) is 3.08. The highest BCUT2D eigenvalue weighted by Crippen LogP contribution is 2.28. The van der Waals surface area contributed by atoms with Crippen molar-refractivity contribution in [2.45, 2.75) is 45.2 Å². The molecule has 1 aliphatic heterocycles. The summed E-state index contributed by atoms with van der Waals surface area (Å²) in [6, 6.07) is 5.75. The van der Waals surface area contributed by atoms with Gasteiger partial charge in [-0.15, -0.1) is 0 Å². The van der Waals surface area contributed by atoms with Crippen molar-refractivity contribution in [3.63, 3.8) is 0 Å². The van der Waals surface area contributed by atoms with Crippen LogP contribution in [0.15, 0.2) is 30.7 Å². The lowest BCUT2D eigenvalue weighted by Crippen LogP contribution is -2.35. The number of halogens is 1. The molecule has 4 heteroatoms. The van der Waals surface area contributed by atoms with Crippen molar-refractivity contribution in [3.05, 3.63) is 47.8 Å². The van der Waals surface area contributed by atoms with Crippen LogP contribution in [0, 0.1) is 12.7 Å². The summed E-state index contributed by atoms with van der Waals surface area (Å²) in [5, 5.41) is 3.62. The number of benzene rings is 1. The Labute approximate surface area is 118 Å². The first-order valence-corrected chi connectivity index (χ1v) is 7.20. The van der Waals surface area contributed by atoms with Gasteiger partial charge in [0.25, 0.3) is 0 Å². The lowest BCUT2D eigenvalue weighted by Gasteiger charge is -2.29. The first kappa shape index (κ1) is 13.3. The van der Waals surface area contributed by atoms with Gasteiger partial charge in [0, 0.05) is 17.8 Å². The fourth-order valence-corrected chi connectivity index (χ4v) is 3.03. The third kappa shape index (κ3) is 2.48. The molecule has 20 heavy (non-hydrogen) atoms. The molecule has 2 aromatic rings. The van der Waals surface area contributed by atoms with E-state index in [0.717, 1.165) is 23.4 Å². The van der Waals surface area contributed by atoms with Crippen molar-refractivity contribution < 1.29 is 4.39 Å². The molecule has 0 aliphatic carbocycles. The Bertz CT molecular complexity index is 606. The maximum Gasteiger partial charge on any atom is 0.123 e. The Morgan fingerprint density at radius 2 is 2.20 bits per heavy atom. The van der Waals surface area contributed by atoms with Crippen molar-refractivity contribution in [2.75, 3.05) is 0 Å². The summed E-state index contributed by atoms with van der Waals surface area (Å²) in [5.74, 6) is -0.197. The van der Waals surface area contributed by atoms with E-state index < -0.39 is 0 Å². The summed E-state index contributed by atoms with van der Waals surface area (Å²) < 4.78 is 15.3. The summed E-state index contributed by atoms with van der Waals surface area (Å²) in [6.07, 6.45) is 7.30. The molecule has 2 unspecified atom stereocenters. The lowest BCUT2D eigenvalue weighted by atomic mass is 9.97. The molecule has 1 fully saturated rings. The molecule has 106 valence electrons. The van der Waals surface area contributed by atoms with Crippen LogP contribution in [0.3, 0.4) is 0 Å². The number of hydrogen-bond donors (Lipinski definition) is 1. The van der Waals surface area contributed by atoms with E-state index in [9.17, 15) is 4.39 Å². The molecule has 1 aromatic heterocycles. The highest BCUT2D eigenvalue weighted by Gasteiger charge is 2.22. The molecule has 0 bridgehead atoms. The minimum atomic E-state index is -0.197. The molecule has 3 nitrogen and oxygen atoms in total. The minimum Gasteiger partial charge on any atom is -0.306 e. The zero-order valence-corrected chi connectivity index (χ0v) is 11.9. The lowest BCUT2D eigenvalue weighted by molar-refractivity contribution is 0.334. The average Bonchev–Trinajstić information content (AvgIpc) is 2.87. The molecule has 0 saturated carbocycles. The molecule has 0 radical (unpaired) electrons. The van der Waals surface area contributed by atoms with Crippen molar-refractivity contribution in [1.29, 1.82) is 0 Å². The van der Waals surface area contributed by atoms with Gasteiger partial charge in [-0.3, -0.25) is 0 Å². The van der Waals surface area contributed by atoms with Gasteiger partial charge in [-0.1, -0.05) is 0 Å². The van der Waals surface area contributed by atoms with Crippen LogP contribution in [0.4, 0.5) is 4.39 Å². The van der Waals surface area contributed by atoms with Gasteiger partial charge in [-0.05, 0) is 56.9 Å². The predicted molar refractivity (Wildman–Crippen MR) is 77.4 cm³/mol. The average molecular weight is 273 g/mol. The maximum atomic E-state index is 13.3. The van der Waals surface area contributed by atoms with Gasteiger partial charge in [0.2, 0.25) is 0 Å². The van der Waals surface area contributed by atoms with E-state index >= 15 is 0 Å². The zero-order valence-electron chi connectivity index (χ0n) is 11.9. The van der Waals surface area contributed by atoms with E-state index in [2.05, 4.69) is 21.8 Å². The van der Waals surface area contributed by atoms with Crippen LogP contribution in [0.2, 0.25) is 0 Å². The van der Waals surface area contributed by atoms with Crippen molar-refractivity contribution >= 4 is 0 Å². The second-order valence-electron chi connectivity index (χ2n) is 5.67. The van der Waals surface area contributed by atoms with E-state index in [1.54, 1.807) is 6.07 Å². The summed E-state index contributed by atoms with van der Waals surface area (Å²) in [6.45, 7) is 4.15. The molecular weight excluding hydrogens is 253 g/mol. The van der Waals surface area contributed by atoms with Crippen LogP contribution in [0.5, 0.6) is 0 Å². The Morgan fingerprint density at radius 1 is 1.35 bits per heavy atom. The smallest absolute Gasteiger partial charge is 0.123 e. The first-order chi connectivity index (χ1) is 9.65. The molecule has 1 saturated heterocycles. The van der Waals surface area contributed by atoms with Crippen LogP contribution in [0.1, 0.15) is 43.5 Å². The van der Waals surface area contributed by atoms with Crippen LogP contribution in [0.25, 0.3) is 5.69 Å². The van der Waals surface area contributed by atoms with Gasteiger partial charge >= 0.3 is 0 Å². The number of hydrogen-bond acceptors (Lipinski definition) is 2. The molecule has 1 N–H and O–H groups in total. The molecule has 1 aromatic carbocycles. The van der Waals surface area contributed by atoms with Crippen molar-refractivity contribution in [1.82, 2.24) is 14.9 Å². The number of piperidine rings is 1. The fraction of sp³-hybridized carbons (Fsp3) is 0.438. The highest BCUT2D eigenvalue weighted by atomic mass is 19.1. The minimum absolute atomic E-state index is 0.197. The van der Waals surface area contributed by atoms with Gasteiger partial charge < -0.3 is 9.88 Å². The summed E-state index contributed by atoms with van der Waals surface area (Å²) in [7, 11) is 0. The number of rotatable bonds is 2. The SMILES string of the molecule is Cc1cc(F)ccc1-n1cncc1C1CCCC(C)N1. The monoisotopic (exact) mass is 273 g/mol. The van der Waals surface area contributed by atoms with Gasteiger partial charge in [0.1, 0.15) is 5.82 Å². The Morgan fingerprint density at radius 3 is 2.95 bits per heavy atom. The van der Waals surface area contributed by atoms with Crippen LogP contribution < -0.4 is 5.32 Å². The number of aromatic nitrogens is 2. The second kappa shape index (κ2) is 5.37. The van der Waals surface area contributed by atoms with E-state index in [1.165, 1.54) is 18.9 Å². The fourth-order valence-electron chi connectivity index (χ4n) is 3.03. The number of aryl methyl sites for hydroxylation is 1. The normalized spacial score (nSPS) is 22.9. The van der Waals surface area contributed by atoms with Gasteiger partial charge in [-0.25, -0.2) is 9.37 Å². The summed E-state index contributed by atoms with van der Waals surface area (Å²) >= 11 is 0. The largest absolute Gasteiger partial charge is 0.306 e. The predicted octanol–water partition coefficient (Wildman–Crippen LogP) is 3.52. The van der Waals surface area contributed by atoms with E-state index in [0.29, 0.717) is 12.1 Å². The number of imidazole rings is 1. The standard InChI is InChI=1S/C16H20FN3/c1-11-8-13(17)6-7-15(11)20-10-18-9-16(20)14-5-3-4-12(2)19-14/h6-10,12,14,19H,3-5H2,1-2H3. The van der Waals surface area contributed by atoms with Crippen molar-refractivity contribution in [2.24, 2.45) is 0 Å². The summed E-state index contributed by atoms with van der Waals surface area (Å²) in [4.78, 5) is 4.29. The van der Waals surface area contributed by atoms with Gasteiger partial charge in [0.05, 0.1) is 18.2 Å². The highest BCUT2D eigenvalue weighted by molar-refractivity contribution is 5.42. The quantitative estimate of drug-likeness (QED) is 0.907. The maximum absolute atomic E-state index is 13.3. The molecule has 0 amide bonds. The van der Waals surface area contributed by atoms with Crippen LogP contribution >= 0.6 is 0 Å². The number of nitrogens with one attached hydrogen (secondary N) is 1. The van der Waals surface area contributed by atoms with Gasteiger partial charge in [0.15, 0.2) is 0 Å². The van der Waals surface area contributed by atoms with E-state index in [4.69, 9.17) is 0 Å². The molecule has 1 aliphatic rings. The third-order valence-electron chi connectivity index (χ3n) is 4.06. The Hall–Kier alpha value is -1.68. The topological polar surface area (TPSA) is 29.9 Å². The van der Waals surface area contributed by atoms with Gasteiger partial charge in [-0.2, -0.15) is 0 Å². The molecule has 3 rings (SSSR count). The zero-order chi connectivity index (χ0) is 14.1. The van der Waals surface area contributed by atoms with E-state index in [1.807, 2.05) is 25.5 Å². The first-order valence-electron chi connectivity index (χ1n) is 7.20. The molecule has 2 heterocycles. The van der Waals surface area contributed by atoms with Crippen LogP contribution in [-0.2, 0) is 0 Å². The van der Waals surface area contributed by atoms with Crippen molar-refractivity contribution in [3.8, 4) is 5.69 Å². The second-order valence-corrected chi connectivity index (χ2v) is 5.67. The van der Waals surface area contributed by atoms with Crippen LogP contribution in [-0.4, -0.2) is 15.6 Å². The Kier molecular flexibility index (Phi) is 3.57. The number of nitrogens with zero attached hydrogens (tertiary/aromatic N) is 2. The molecule has 0 spiro atoms. The molecular formula is C16H20FN3. The Balaban J connectivity index is 1.97. The third-order valence-corrected chi connectivity index (χ3v) is 4.06.